The Hall–Kier alpha value is -0.990. The molecule has 1 aromatic rings. The van der Waals surface area contributed by atoms with Crippen molar-refractivity contribution < 1.29 is 17.5 Å². The predicted molar refractivity (Wildman–Crippen MR) is 75.5 cm³/mol. The highest BCUT2D eigenvalue weighted by Crippen LogP contribution is 2.28. The highest BCUT2D eigenvalue weighted by Gasteiger charge is 2.21. The third kappa shape index (κ3) is 3.99. The Balaban J connectivity index is 3.09. The Kier molecular flexibility index (Phi) is 5.45. The van der Waals surface area contributed by atoms with Crippen LogP contribution in [0.2, 0.25) is 0 Å². The van der Waals surface area contributed by atoms with Crippen molar-refractivity contribution >= 4 is 27.5 Å². The number of rotatable bonds is 6. The Morgan fingerprint density at radius 2 is 2.16 bits per heavy atom. The van der Waals surface area contributed by atoms with Gasteiger partial charge in [-0.1, -0.05) is 0 Å². The highest BCUT2D eigenvalue weighted by molar-refractivity contribution is 7.98. The molecule has 3 N–H and O–H groups in total. The van der Waals surface area contributed by atoms with Crippen LogP contribution >= 0.6 is 11.8 Å². The molecule has 0 heterocycles. The molecule has 19 heavy (non-hydrogen) atoms. The Morgan fingerprint density at radius 1 is 1.53 bits per heavy atom. The molecule has 0 aliphatic heterocycles. The molecule has 1 unspecified atom stereocenters. The minimum absolute atomic E-state index is 0.0552. The van der Waals surface area contributed by atoms with Gasteiger partial charge in [-0.3, -0.25) is 0 Å². The molecule has 1 rings (SSSR count). The number of nitrogens with two attached hydrogens (primary N) is 1. The van der Waals surface area contributed by atoms with Gasteiger partial charge in [0.1, 0.15) is 0 Å². The average molecular weight is 308 g/mol. The molecule has 1 aromatic carbocycles. The number of ether oxygens (including phenoxy) is 1. The molecule has 0 saturated heterocycles. The molecule has 8 heteroatoms. The molecule has 0 aliphatic rings. The zero-order valence-electron chi connectivity index (χ0n) is 10.9. The van der Waals surface area contributed by atoms with Crippen LogP contribution in [0.25, 0.3) is 0 Å². The molecule has 0 aromatic heterocycles. The molecule has 0 fully saturated rings. The van der Waals surface area contributed by atoms with Crippen LogP contribution in [0, 0.1) is 5.82 Å². The van der Waals surface area contributed by atoms with Gasteiger partial charge in [-0.2, -0.15) is 11.8 Å². The van der Waals surface area contributed by atoms with Crippen molar-refractivity contribution in [3.8, 4) is 5.75 Å². The summed E-state index contributed by atoms with van der Waals surface area (Å²) in [6.07, 6.45) is 1.87. The number of thioether (sulfide) groups is 1. The molecule has 0 amide bonds. The maximum atomic E-state index is 13.6. The van der Waals surface area contributed by atoms with E-state index in [9.17, 15) is 12.8 Å². The maximum Gasteiger partial charge on any atom is 0.241 e. The van der Waals surface area contributed by atoms with Gasteiger partial charge < -0.3 is 10.5 Å². The first-order valence-corrected chi connectivity index (χ1v) is 8.33. The average Bonchev–Trinajstić information content (AvgIpc) is 2.27. The first kappa shape index (κ1) is 16.1. The van der Waals surface area contributed by atoms with Crippen LogP contribution in [0.5, 0.6) is 5.75 Å². The molecule has 0 radical (unpaired) electrons. The summed E-state index contributed by atoms with van der Waals surface area (Å²) in [6, 6.07) is 1.81. The molecule has 0 aliphatic carbocycles. The predicted octanol–water partition coefficient (Wildman–Crippen LogP) is 1.45. The van der Waals surface area contributed by atoms with Gasteiger partial charge in [0.25, 0.3) is 0 Å². The first-order valence-electron chi connectivity index (χ1n) is 5.46. The fraction of sp³-hybridized carbons (Fsp3) is 0.455. The number of methoxy groups -OCH3 is 1. The molecule has 5 nitrogen and oxygen atoms in total. The molecule has 108 valence electrons. The molecule has 0 spiro atoms. The van der Waals surface area contributed by atoms with E-state index in [0.29, 0.717) is 5.75 Å². The monoisotopic (exact) mass is 308 g/mol. The lowest BCUT2D eigenvalue weighted by atomic mass is 10.3. The van der Waals surface area contributed by atoms with Crippen molar-refractivity contribution in [1.29, 1.82) is 0 Å². The third-order valence-electron chi connectivity index (χ3n) is 2.33. The van der Waals surface area contributed by atoms with E-state index in [1.54, 1.807) is 6.92 Å². The number of nitrogen functional groups attached to an aromatic ring is 1. The summed E-state index contributed by atoms with van der Waals surface area (Å²) in [7, 11) is -2.52. The van der Waals surface area contributed by atoms with Gasteiger partial charge in [0.2, 0.25) is 10.0 Å². The van der Waals surface area contributed by atoms with Crippen LogP contribution in [0.3, 0.4) is 0 Å². The summed E-state index contributed by atoms with van der Waals surface area (Å²) in [6.45, 7) is 1.73. The molecule has 1 atom stereocenters. The number of nitrogens with one attached hydrogen (secondary N) is 1. The minimum atomic E-state index is -3.79. The maximum absolute atomic E-state index is 13.6. The first-order chi connectivity index (χ1) is 8.81. The van der Waals surface area contributed by atoms with Crippen molar-refractivity contribution in [2.75, 3.05) is 24.9 Å². The Bertz CT molecular complexity index is 526. The van der Waals surface area contributed by atoms with Crippen molar-refractivity contribution in [3.05, 3.63) is 17.9 Å². The van der Waals surface area contributed by atoms with Crippen LogP contribution in [-0.4, -0.2) is 33.6 Å². The van der Waals surface area contributed by atoms with E-state index in [0.717, 1.165) is 6.07 Å². The normalized spacial score (nSPS) is 13.3. The summed E-state index contributed by atoms with van der Waals surface area (Å²) in [5.41, 5.74) is 5.50. The zero-order valence-corrected chi connectivity index (χ0v) is 12.6. The lowest BCUT2D eigenvalue weighted by molar-refractivity contribution is 0.388. The highest BCUT2D eigenvalue weighted by atomic mass is 32.2. The summed E-state index contributed by atoms with van der Waals surface area (Å²) >= 11 is 1.51. The van der Waals surface area contributed by atoms with Gasteiger partial charge in [-0.15, -0.1) is 0 Å². The summed E-state index contributed by atoms with van der Waals surface area (Å²) < 4.78 is 44.9. The van der Waals surface area contributed by atoms with Gasteiger partial charge in [0, 0.05) is 11.8 Å². The number of halogens is 1. The smallest absolute Gasteiger partial charge is 0.241 e. The van der Waals surface area contributed by atoms with E-state index < -0.39 is 15.8 Å². The van der Waals surface area contributed by atoms with Crippen molar-refractivity contribution in [2.24, 2.45) is 0 Å². The lowest BCUT2D eigenvalue weighted by Gasteiger charge is -2.14. The van der Waals surface area contributed by atoms with E-state index in [1.165, 1.54) is 24.9 Å². The van der Waals surface area contributed by atoms with Crippen LogP contribution in [0.15, 0.2) is 17.0 Å². The van der Waals surface area contributed by atoms with Crippen LogP contribution in [0.1, 0.15) is 6.92 Å². The fourth-order valence-corrected chi connectivity index (χ4v) is 3.55. The van der Waals surface area contributed by atoms with E-state index >= 15 is 0 Å². The van der Waals surface area contributed by atoms with Crippen LogP contribution < -0.4 is 15.2 Å². The number of sulfonamides is 1. The van der Waals surface area contributed by atoms with Crippen molar-refractivity contribution in [1.82, 2.24) is 4.72 Å². The second-order valence-electron chi connectivity index (χ2n) is 4.01. The van der Waals surface area contributed by atoms with Gasteiger partial charge in [-0.05, 0) is 25.3 Å². The van der Waals surface area contributed by atoms with Gasteiger partial charge in [-0.25, -0.2) is 17.5 Å². The van der Waals surface area contributed by atoms with Crippen molar-refractivity contribution in [2.45, 2.75) is 17.9 Å². The Labute approximate surface area is 116 Å². The van der Waals surface area contributed by atoms with Crippen molar-refractivity contribution in [3.63, 3.8) is 0 Å². The zero-order chi connectivity index (χ0) is 14.6. The van der Waals surface area contributed by atoms with Crippen LogP contribution in [0.4, 0.5) is 10.1 Å². The summed E-state index contributed by atoms with van der Waals surface area (Å²) in [5, 5.41) is 0. The molecule has 0 bridgehead atoms. The van der Waals surface area contributed by atoms with Gasteiger partial charge >= 0.3 is 0 Å². The minimum Gasteiger partial charge on any atom is -0.492 e. The van der Waals surface area contributed by atoms with Gasteiger partial charge in [0.15, 0.2) is 11.6 Å². The number of hydrogen-bond acceptors (Lipinski definition) is 5. The number of hydrogen-bond donors (Lipinski definition) is 2. The second-order valence-corrected chi connectivity index (χ2v) is 6.63. The summed E-state index contributed by atoms with van der Waals surface area (Å²) in [5.74, 6) is -0.343. The Morgan fingerprint density at radius 3 is 2.63 bits per heavy atom. The van der Waals surface area contributed by atoms with Gasteiger partial charge in [0.05, 0.1) is 17.7 Å². The third-order valence-corrected chi connectivity index (χ3v) is 4.74. The van der Waals surface area contributed by atoms with E-state index in [-0.39, 0.29) is 22.4 Å². The second kappa shape index (κ2) is 6.44. The lowest BCUT2D eigenvalue weighted by Crippen LogP contribution is -2.34. The van der Waals surface area contributed by atoms with E-state index in [1.807, 2.05) is 6.26 Å². The fourth-order valence-electron chi connectivity index (χ4n) is 1.58. The molecular formula is C11H17FN2O3S2. The number of benzene rings is 1. The quantitative estimate of drug-likeness (QED) is 0.777. The van der Waals surface area contributed by atoms with E-state index in [2.05, 4.69) is 4.72 Å². The van der Waals surface area contributed by atoms with Crippen LogP contribution in [-0.2, 0) is 10.0 Å². The summed E-state index contributed by atoms with van der Waals surface area (Å²) in [4.78, 5) is -0.212. The van der Waals surface area contributed by atoms with E-state index in [4.69, 9.17) is 10.5 Å². The number of anilines is 1. The standard InChI is InChI=1S/C11H17FN2O3S2/c1-7(6-18-3)14-19(15,16)8-4-9(12)11(17-2)10(13)5-8/h4-5,7,14H,6,13H2,1-3H3. The topological polar surface area (TPSA) is 81.4 Å². The molecular weight excluding hydrogens is 291 g/mol. The molecule has 0 saturated carbocycles. The SMILES string of the molecule is COc1c(N)cc(S(=O)(=O)NC(C)CSC)cc1F. The largest absolute Gasteiger partial charge is 0.492 e.